The lowest BCUT2D eigenvalue weighted by Crippen LogP contribution is -1.96. The van der Waals surface area contributed by atoms with E-state index in [-0.39, 0.29) is 0 Å². The van der Waals surface area contributed by atoms with Gasteiger partial charge < -0.3 is 4.57 Å². The Morgan fingerprint density at radius 1 is 0.379 bits per heavy atom. The highest BCUT2D eigenvalue weighted by atomic mass is 32.1. The average molecular weight is 757 g/mol. The summed E-state index contributed by atoms with van der Waals surface area (Å²) in [7, 11) is 0. The van der Waals surface area contributed by atoms with Gasteiger partial charge in [0.05, 0.1) is 33.6 Å². The van der Waals surface area contributed by atoms with Gasteiger partial charge in [-0.15, -0.1) is 11.3 Å². The standard InChI is InChI=1S/C53H32N4S/c1-4-14-33(15-5-1)51-41-27-26-39-43-31-36(25-29-49(43)58-52(39)50(41)40-21-10-12-22-44(40)54-51)46-32-45(55-53(56-46)34-16-6-2-7-17-34)35-24-28-48-42(30-35)38-20-11-13-23-47(38)57(48)37-18-8-3-9-19-37/h1-32H. The van der Waals surface area contributed by atoms with Crippen LogP contribution in [0.5, 0.6) is 0 Å². The summed E-state index contributed by atoms with van der Waals surface area (Å²) in [6.45, 7) is 0. The molecule has 0 N–H and O–H groups in total. The van der Waals surface area contributed by atoms with Gasteiger partial charge >= 0.3 is 0 Å². The molecule has 0 spiro atoms. The molecule has 0 fully saturated rings. The second kappa shape index (κ2) is 13.1. The van der Waals surface area contributed by atoms with Gasteiger partial charge in [0.15, 0.2) is 5.82 Å². The van der Waals surface area contributed by atoms with Gasteiger partial charge in [-0.3, -0.25) is 0 Å². The molecule has 0 saturated heterocycles. The van der Waals surface area contributed by atoms with Gasteiger partial charge in [0, 0.05) is 75.0 Å². The quantitative estimate of drug-likeness (QED) is 0.164. The monoisotopic (exact) mass is 756 g/mol. The van der Waals surface area contributed by atoms with Crippen molar-refractivity contribution in [2.24, 2.45) is 0 Å². The third-order valence-electron chi connectivity index (χ3n) is 11.4. The van der Waals surface area contributed by atoms with Crippen LogP contribution in [-0.2, 0) is 0 Å². The Labute approximate surface area is 338 Å². The van der Waals surface area contributed by atoms with Crippen LogP contribution in [-0.4, -0.2) is 19.5 Å². The highest BCUT2D eigenvalue weighted by Crippen LogP contribution is 2.44. The van der Waals surface area contributed by atoms with Crippen LogP contribution in [0.2, 0.25) is 0 Å². The lowest BCUT2D eigenvalue weighted by atomic mass is 9.97. The highest BCUT2D eigenvalue weighted by Gasteiger charge is 2.19. The molecule has 8 aromatic carbocycles. The predicted molar refractivity (Wildman–Crippen MR) is 244 cm³/mol. The van der Waals surface area contributed by atoms with Gasteiger partial charge in [-0.05, 0) is 54.6 Å². The smallest absolute Gasteiger partial charge is 0.160 e. The van der Waals surface area contributed by atoms with Crippen LogP contribution < -0.4 is 0 Å². The van der Waals surface area contributed by atoms with E-state index in [4.69, 9.17) is 15.0 Å². The number of fused-ring (bicyclic) bond motifs is 10. The summed E-state index contributed by atoms with van der Waals surface area (Å²) in [6.07, 6.45) is 0. The molecule has 270 valence electrons. The van der Waals surface area contributed by atoms with Gasteiger partial charge in [0.2, 0.25) is 0 Å². The summed E-state index contributed by atoms with van der Waals surface area (Å²) in [5, 5.41) is 8.45. The predicted octanol–water partition coefficient (Wildman–Crippen LogP) is 14.3. The van der Waals surface area contributed by atoms with Crippen molar-refractivity contribution in [1.82, 2.24) is 19.5 Å². The van der Waals surface area contributed by atoms with Gasteiger partial charge in [0.1, 0.15) is 0 Å². The molecule has 12 aromatic rings. The van der Waals surface area contributed by atoms with Crippen molar-refractivity contribution in [3.05, 3.63) is 194 Å². The molecule has 4 nitrogen and oxygen atoms in total. The van der Waals surface area contributed by atoms with E-state index in [1.165, 1.54) is 52.6 Å². The second-order valence-electron chi connectivity index (χ2n) is 14.8. The molecule has 58 heavy (non-hydrogen) atoms. The van der Waals surface area contributed by atoms with Crippen molar-refractivity contribution in [2.45, 2.75) is 0 Å². The first kappa shape index (κ1) is 32.7. The molecule has 0 atom stereocenters. The summed E-state index contributed by atoms with van der Waals surface area (Å²) < 4.78 is 4.86. The number of pyridine rings is 1. The van der Waals surface area contributed by atoms with E-state index >= 15 is 0 Å². The number of para-hydroxylation sites is 3. The third-order valence-corrected chi connectivity index (χ3v) is 12.6. The Morgan fingerprint density at radius 2 is 0.983 bits per heavy atom. The van der Waals surface area contributed by atoms with Crippen LogP contribution in [0.25, 0.3) is 115 Å². The molecule has 0 aliphatic rings. The number of aromatic nitrogens is 4. The fourth-order valence-corrected chi connectivity index (χ4v) is 9.94. The number of thiophene rings is 1. The normalized spacial score (nSPS) is 11.8. The number of rotatable bonds is 5. The minimum atomic E-state index is 0.702. The number of nitrogens with zero attached hydrogens (tertiary/aromatic N) is 4. The van der Waals surface area contributed by atoms with Gasteiger partial charge in [-0.1, -0.05) is 140 Å². The minimum Gasteiger partial charge on any atom is -0.309 e. The Kier molecular flexibility index (Phi) is 7.37. The van der Waals surface area contributed by atoms with Gasteiger partial charge in [-0.25, -0.2) is 15.0 Å². The van der Waals surface area contributed by atoms with E-state index in [1.54, 1.807) is 0 Å². The Bertz CT molecular complexity index is 3550. The summed E-state index contributed by atoms with van der Waals surface area (Å²) in [4.78, 5) is 15.7. The minimum absolute atomic E-state index is 0.702. The molecular weight excluding hydrogens is 725 g/mol. The first-order valence-electron chi connectivity index (χ1n) is 19.5. The SMILES string of the molecule is c1ccc(-c2nc(-c3ccc4sc5c(ccc6c(-c7ccccc7)nc7ccccc7c65)c4c3)cc(-c3ccc4c(c3)c3ccccc3n4-c3ccccc3)n2)cc1. The molecule has 0 radical (unpaired) electrons. The van der Waals surface area contributed by atoms with Crippen LogP contribution in [0.15, 0.2) is 194 Å². The highest BCUT2D eigenvalue weighted by molar-refractivity contribution is 7.26. The van der Waals surface area contributed by atoms with Gasteiger partial charge in [0.25, 0.3) is 0 Å². The maximum absolute atomic E-state index is 5.24. The zero-order chi connectivity index (χ0) is 38.2. The van der Waals surface area contributed by atoms with Crippen LogP contribution in [0.1, 0.15) is 0 Å². The van der Waals surface area contributed by atoms with Crippen molar-refractivity contribution < 1.29 is 0 Å². The van der Waals surface area contributed by atoms with E-state index in [1.807, 2.05) is 29.5 Å². The first-order valence-corrected chi connectivity index (χ1v) is 20.3. The molecule has 12 rings (SSSR count). The first-order chi connectivity index (χ1) is 28.7. The molecule has 0 bridgehead atoms. The summed E-state index contributed by atoms with van der Waals surface area (Å²) in [5.74, 6) is 0.702. The zero-order valence-electron chi connectivity index (χ0n) is 31.2. The van der Waals surface area contributed by atoms with Crippen LogP contribution >= 0.6 is 11.3 Å². The Morgan fingerprint density at radius 3 is 1.76 bits per heavy atom. The molecule has 4 heterocycles. The van der Waals surface area contributed by atoms with Crippen molar-refractivity contribution >= 4 is 75.0 Å². The third kappa shape index (κ3) is 5.18. The molecule has 0 aliphatic heterocycles. The van der Waals surface area contributed by atoms with E-state index < -0.39 is 0 Å². The summed E-state index contributed by atoms with van der Waals surface area (Å²) in [6, 6.07) is 68.8. The Balaban J connectivity index is 1.06. The summed E-state index contributed by atoms with van der Waals surface area (Å²) >= 11 is 1.85. The lowest BCUT2D eigenvalue weighted by molar-refractivity contribution is 1.18. The van der Waals surface area contributed by atoms with E-state index in [9.17, 15) is 0 Å². The molecule has 0 aliphatic carbocycles. The maximum atomic E-state index is 5.24. The molecular formula is C53H32N4S. The van der Waals surface area contributed by atoms with E-state index in [2.05, 4.69) is 180 Å². The topological polar surface area (TPSA) is 43.6 Å². The molecule has 0 amide bonds. The van der Waals surface area contributed by atoms with Crippen molar-refractivity contribution in [1.29, 1.82) is 0 Å². The van der Waals surface area contributed by atoms with Crippen LogP contribution in [0.3, 0.4) is 0 Å². The van der Waals surface area contributed by atoms with Crippen molar-refractivity contribution in [3.8, 4) is 50.8 Å². The number of hydrogen-bond donors (Lipinski definition) is 0. The lowest BCUT2D eigenvalue weighted by Gasteiger charge is -2.11. The van der Waals surface area contributed by atoms with E-state index in [0.717, 1.165) is 56.1 Å². The number of benzene rings is 8. The number of hydrogen-bond acceptors (Lipinski definition) is 4. The summed E-state index contributed by atoms with van der Waals surface area (Å²) in [5.41, 5.74) is 11.5. The fraction of sp³-hybridized carbons (Fsp3) is 0. The molecule has 4 aromatic heterocycles. The van der Waals surface area contributed by atoms with Crippen molar-refractivity contribution in [3.63, 3.8) is 0 Å². The largest absolute Gasteiger partial charge is 0.309 e. The van der Waals surface area contributed by atoms with Crippen molar-refractivity contribution in [2.75, 3.05) is 0 Å². The Hall–Kier alpha value is -7.47. The second-order valence-corrected chi connectivity index (χ2v) is 15.8. The molecule has 0 unspecified atom stereocenters. The van der Waals surface area contributed by atoms with Crippen LogP contribution in [0, 0.1) is 0 Å². The molecule has 0 saturated carbocycles. The zero-order valence-corrected chi connectivity index (χ0v) is 32.0. The van der Waals surface area contributed by atoms with Crippen LogP contribution in [0.4, 0.5) is 0 Å². The average Bonchev–Trinajstić information content (AvgIpc) is 3.84. The van der Waals surface area contributed by atoms with Gasteiger partial charge in [-0.2, -0.15) is 0 Å². The maximum Gasteiger partial charge on any atom is 0.160 e. The fourth-order valence-electron chi connectivity index (χ4n) is 8.69. The molecule has 5 heteroatoms. The van der Waals surface area contributed by atoms with E-state index in [0.29, 0.717) is 5.82 Å².